The molecule has 1 aromatic heterocycles. The lowest BCUT2D eigenvalue weighted by Crippen LogP contribution is -2.30. The van der Waals surface area contributed by atoms with E-state index < -0.39 is 0 Å². The quantitative estimate of drug-likeness (QED) is 0.859. The first-order valence-corrected chi connectivity index (χ1v) is 6.88. The molecule has 0 aliphatic rings. The minimum atomic E-state index is -0.267. The van der Waals surface area contributed by atoms with Crippen molar-refractivity contribution in [2.45, 2.75) is 6.42 Å². The minimum Gasteiger partial charge on any atom is -0.493 e. The highest BCUT2D eigenvalue weighted by Crippen LogP contribution is 2.29. The van der Waals surface area contributed by atoms with E-state index in [1.165, 1.54) is 0 Å². The van der Waals surface area contributed by atoms with Crippen molar-refractivity contribution in [3.8, 4) is 11.5 Å². The third kappa shape index (κ3) is 4.37. The molecule has 2 rings (SSSR count). The van der Waals surface area contributed by atoms with Gasteiger partial charge in [-0.05, 0) is 30.2 Å². The first-order valence-electron chi connectivity index (χ1n) is 6.88. The summed E-state index contributed by atoms with van der Waals surface area (Å²) in [6.45, 7) is 0.533. The molecule has 0 unspecified atom stereocenters. The summed E-state index contributed by atoms with van der Waals surface area (Å²) >= 11 is 0. The normalized spacial score (nSPS) is 9.91. The molecule has 116 valence electrons. The van der Waals surface area contributed by atoms with Gasteiger partial charge in [0.1, 0.15) is 0 Å². The number of methoxy groups -OCH3 is 2. The Bertz CT molecular complexity index is 617. The molecule has 1 aromatic carbocycles. The summed E-state index contributed by atoms with van der Waals surface area (Å²) in [6, 6.07) is 8.78. The summed E-state index contributed by atoms with van der Waals surface area (Å²) in [6.07, 6.45) is 4.24. The van der Waals surface area contributed by atoms with Crippen LogP contribution in [0.4, 0.5) is 10.5 Å². The summed E-state index contributed by atoms with van der Waals surface area (Å²) in [5, 5.41) is 5.55. The summed E-state index contributed by atoms with van der Waals surface area (Å²) < 4.78 is 10.3. The molecule has 22 heavy (non-hydrogen) atoms. The molecule has 0 fully saturated rings. The number of nitrogens with one attached hydrogen (secondary N) is 2. The lowest BCUT2D eigenvalue weighted by atomic mass is 10.2. The van der Waals surface area contributed by atoms with Crippen molar-refractivity contribution in [2.75, 3.05) is 26.1 Å². The van der Waals surface area contributed by atoms with Crippen molar-refractivity contribution < 1.29 is 14.3 Å². The number of hydrogen-bond acceptors (Lipinski definition) is 4. The van der Waals surface area contributed by atoms with E-state index in [1.54, 1.807) is 44.8 Å². The van der Waals surface area contributed by atoms with Crippen LogP contribution in [-0.2, 0) is 6.42 Å². The largest absolute Gasteiger partial charge is 0.493 e. The monoisotopic (exact) mass is 301 g/mol. The summed E-state index contributed by atoms with van der Waals surface area (Å²) in [5.41, 5.74) is 1.71. The zero-order chi connectivity index (χ0) is 15.8. The number of carbonyl (C=O) groups is 1. The second-order valence-corrected chi connectivity index (χ2v) is 4.56. The maximum atomic E-state index is 11.8. The topological polar surface area (TPSA) is 72.5 Å². The van der Waals surface area contributed by atoms with Crippen molar-refractivity contribution in [2.24, 2.45) is 0 Å². The van der Waals surface area contributed by atoms with E-state index in [1.807, 2.05) is 12.1 Å². The van der Waals surface area contributed by atoms with E-state index in [0.29, 0.717) is 23.7 Å². The Balaban J connectivity index is 1.84. The fourth-order valence-corrected chi connectivity index (χ4v) is 1.96. The molecule has 6 heteroatoms. The van der Waals surface area contributed by atoms with Crippen LogP contribution in [0.3, 0.4) is 0 Å². The summed E-state index contributed by atoms with van der Waals surface area (Å²) in [7, 11) is 3.12. The van der Waals surface area contributed by atoms with Gasteiger partial charge in [0.05, 0.1) is 14.2 Å². The van der Waals surface area contributed by atoms with Crippen LogP contribution in [-0.4, -0.2) is 31.8 Å². The fraction of sp³-hybridized carbons (Fsp3) is 0.250. The van der Waals surface area contributed by atoms with Gasteiger partial charge in [0, 0.05) is 30.7 Å². The summed E-state index contributed by atoms with van der Waals surface area (Å²) in [5.74, 6) is 1.18. The minimum absolute atomic E-state index is 0.267. The molecule has 2 N–H and O–H groups in total. The number of anilines is 1. The van der Waals surface area contributed by atoms with Crippen molar-refractivity contribution >= 4 is 11.7 Å². The van der Waals surface area contributed by atoms with Gasteiger partial charge in [-0.3, -0.25) is 4.98 Å². The number of rotatable bonds is 6. The van der Waals surface area contributed by atoms with Crippen LogP contribution in [0.25, 0.3) is 0 Å². The van der Waals surface area contributed by atoms with Gasteiger partial charge in [-0.1, -0.05) is 6.07 Å². The number of hydrogen-bond donors (Lipinski definition) is 2. The molecule has 0 atom stereocenters. The molecular weight excluding hydrogens is 282 g/mol. The molecule has 0 aliphatic heterocycles. The first kappa shape index (κ1) is 15.6. The van der Waals surface area contributed by atoms with Gasteiger partial charge in [-0.2, -0.15) is 0 Å². The average molecular weight is 301 g/mol. The van der Waals surface area contributed by atoms with Gasteiger partial charge >= 0.3 is 6.03 Å². The molecule has 1 heterocycles. The van der Waals surface area contributed by atoms with Crippen molar-refractivity contribution in [1.29, 1.82) is 0 Å². The van der Waals surface area contributed by atoms with E-state index >= 15 is 0 Å². The molecule has 0 spiro atoms. The van der Waals surface area contributed by atoms with E-state index in [2.05, 4.69) is 15.6 Å². The predicted molar refractivity (Wildman–Crippen MR) is 84.5 cm³/mol. The number of urea groups is 1. The maximum absolute atomic E-state index is 11.8. The third-order valence-corrected chi connectivity index (χ3v) is 3.06. The Hall–Kier alpha value is -2.76. The van der Waals surface area contributed by atoms with Crippen LogP contribution in [0, 0.1) is 0 Å². The lowest BCUT2D eigenvalue weighted by Gasteiger charge is -2.11. The fourth-order valence-electron chi connectivity index (χ4n) is 1.96. The van der Waals surface area contributed by atoms with E-state index in [4.69, 9.17) is 9.47 Å². The Labute approximate surface area is 129 Å². The zero-order valence-electron chi connectivity index (χ0n) is 12.6. The van der Waals surface area contributed by atoms with Gasteiger partial charge in [-0.25, -0.2) is 4.79 Å². The average Bonchev–Trinajstić information content (AvgIpc) is 2.55. The van der Waals surface area contributed by atoms with Gasteiger partial charge in [0.15, 0.2) is 11.5 Å². The molecule has 6 nitrogen and oxygen atoms in total. The number of carbonyl (C=O) groups excluding carboxylic acids is 1. The molecule has 0 bridgehead atoms. The van der Waals surface area contributed by atoms with Gasteiger partial charge in [-0.15, -0.1) is 0 Å². The number of aromatic nitrogens is 1. The van der Waals surface area contributed by atoms with Crippen molar-refractivity contribution in [3.05, 3.63) is 48.3 Å². The van der Waals surface area contributed by atoms with E-state index in [0.717, 1.165) is 12.0 Å². The second-order valence-electron chi connectivity index (χ2n) is 4.56. The highest BCUT2D eigenvalue weighted by molar-refractivity contribution is 5.89. The molecule has 0 radical (unpaired) electrons. The van der Waals surface area contributed by atoms with Crippen LogP contribution in [0.1, 0.15) is 5.56 Å². The number of ether oxygens (including phenoxy) is 2. The number of pyridine rings is 1. The number of amides is 2. The van der Waals surface area contributed by atoms with E-state index in [9.17, 15) is 4.79 Å². The van der Waals surface area contributed by atoms with E-state index in [-0.39, 0.29) is 6.03 Å². The van der Waals surface area contributed by atoms with Crippen LogP contribution >= 0.6 is 0 Å². The lowest BCUT2D eigenvalue weighted by molar-refractivity contribution is 0.252. The standard InChI is InChI=1S/C16H19N3O3/c1-21-14-6-5-13(10-15(14)22-2)19-16(20)18-9-7-12-4-3-8-17-11-12/h3-6,8,10-11H,7,9H2,1-2H3,(H2,18,19,20). The smallest absolute Gasteiger partial charge is 0.319 e. The van der Waals surface area contributed by atoms with Crippen LogP contribution in [0.2, 0.25) is 0 Å². The highest BCUT2D eigenvalue weighted by atomic mass is 16.5. The maximum Gasteiger partial charge on any atom is 0.319 e. The second kappa shape index (κ2) is 7.87. The van der Waals surface area contributed by atoms with Crippen LogP contribution in [0.5, 0.6) is 11.5 Å². The Morgan fingerprint density at radius 2 is 2.00 bits per heavy atom. The molecular formula is C16H19N3O3. The predicted octanol–water partition coefficient (Wildman–Crippen LogP) is 2.46. The van der Waals surface area contributed by atoms with Crippen LogP contribution in [0.15, 0.2) is 42.7 Å². The Morgan fingerprint density at radius 1 is 1.18 bits per heavy atom. The first-order chi connectivity index (χ1) is 10.7. The molecule has 0 saturated carbocycles. The Morgan fingerprint density at radius 3 is 2.68 bits per heavy atom. The van der Waals surface area contributed by atoms with Crippen molar-refractivity contribution in [1.82, 2.24) is 10.3 Å². The van der Waals surface area contributed by atoms with Gasteiger partial charge in [0.25, 0.3) is 0 Å². The number of nitrogens with zero attached hydrogens (tertiary/aromatic N) is 1. The van der Waals surface area contributed by atoms with Crippen molar-refractivity contribution in [3.63, 3.8) is 0 Å². The summed E-state index contributed by atoms with van der Waals surface area (Å²) in [4.78, 5) is 15.9. The highest BCUT2D eigenvalue weighted by Gasteiger charge is 2.07. The van der Waals surface area contributed by atoms with Gasteiger partial charge in [0.2, 0.25) is 0 Å². The Kier molecular flexibility index (Phi) is 5.59. The molecule has 0 saturated heterocycles. The molecule has 2 amide bonds. The third-order valence-electron chi connectivity index (χ3n) is 3.06. The van der Waals surface area contributed by atoms with Crippen LogP contribution < -0.4 is 20.1 Å². The zero-order valence-corrected chi connectivity index (χ0v) is 12.6. The molecule has 0 aliphatic carbocycles. The van der Waals surface area contributed by atoms with Gasteiger partial charge < -0.3 is 20.1 Å². The molecule has 2 aromatic rings. The number of benzene rings is 1. The SMILES string of the molecule is COc1ccc(NC(=O)NCCc2cccnc2)cc1OC.